The highest BCUT2D eigenvalue weighted by molar-refractivity contribution is 5.88. The lowest BCUT2D eigenvalue weighted by atomic mass is 10.1. The molecule has 0 heterocycles. The van der Waals surface area contributed by atoms with E-state index < -0.39 is 11.9 Å². The minimum absolute atomic E-state index is 0.357. The lowest BCUT2D eigenvalue weighted by Crippen LogP contribution is -2.05. The number of hydrogen-bond donors (Lipinski definition) is 0. The summed E-state index contributed by atoms with van der Waals surface area (Å²) in [5.74, 6) is 0.471. The van der Waals surface area contributed by atoms with Crippen molar-refractivity contribution in [2.45, 2.75) is 26.7 Å². The monoisotopic (exact) mass is 394 g/mol. The van der Waals surface area contributed by atoms with Gasteiger partial charge < -0.3 is 14.2 Å². The Morgan fingerprint density at radius 1 is 0.966 bits per heavy atom. The van der Waals surface area contributed by atoms with Crippen LogP contribution in [0.4, 0.5) is 0 Å². The average Bonchev–Trinajstić information content (AvgIpc) is 2.71. The van der Waals surface area contributed by atoms with Crippen LogP contribution in [0.1, 0.15) is 29.5 Å². The molecule has 0 aliphatic carbocycles. The van der Waals surface area contributed by atoms with Gasteiger partial charge in [-0.2, -0.15) is 0 Å². The van der Waals surface area contributed by atoms with Crippen molar-refractivity contribution in [2.24, 2.45) is 0 Å². The first-order chi connectivity index (χ1) is 14.0. The maximum absolute atomic E-state index is 12.0. The van der Waals surface area contributed by atoms with Crippen LogP contribution in [0.2, 0.25) is 0 Å². The Morgan fingerprint density at radius 3 is 2.38 bits per heavy atom. The van der Waals surface area contributed by atoms with E-state index in [0.717, 1.165) is 41.4 Å². The van der Waals surface area contributed by atoms with Crippen LogP contribution < -0.4 is 9.47 Å². The summed E-state index contributed by atoms with van der Waals surface area (Å²) in [6.07, 6.45) is 5.75. The molecule has 0 saturated heterocycles. The van der Waals surface area contributed by atoms with E-state index in [4.69, 9.17) is 14.2 Å². The molecule has 152 valence electrons. The van der Waals surface area contributed by atoms with Crippen molar-refractivity contribution in [3.05, 3.63) is 77.9 Å². The SMILES string of the molecule is C=CC(=O)OCCCCOc1ccc(/C=C/C(=O)Oc2ccc(C)cc2C)cc1. The number of esters is 2. The lowest BCUT2D eigenvalue weighted by Gasteiger charge is -2.07. The Bertz CT molecular complexity index is 865. The van der Waals surface area contributed by atoms with E-state index in [0.29, 0.717) is 19.0 Å². The van der Waals surface area contributed by atoms with E-state index in [-0.39, 0.29) is 0 Å². The van der Waals surface area contributed by atoms with E-state index in [1.807, 2.05) is 50.2 Å². The summed E-state index contributed by atoms with van der Waals surface area (Å²) in [7, 11) is 0. The number of ether oxygens (including phenoxy) is 3. The summed E-state index contributed by atoms with van der Waals surface area (Å²) >= 11 is 0. The Kier molecular flexibility index (Phi) is 8.70. The molecule has 0 radical (unpaired) electrons. The number of hydrogen-bond acceptors (Lipinski definition) is 5. The minimum atomic E-state index is -0.422. The Balaban J connectivity index is 1.74. The Hall–Kier alpha value is -3.34. The van der Waals surface area contributed by atoms with Crippen molar-refractivity contribution in [1.29, 1.82) is 0 Å². The smallest absolute Gasteiger partial charge is 0.336 e. The summed E-state index contributed by atoms with van der Waals surface area (Å²) in [4.78, 5) is 22.9. The number of benzene rings is 2. The fourth-order valence-electron chi connectivity index (χ4n) is 2.52. The summed E-state index contributed by atoms with van der Waals surface area (Å²) in [5.41, 5.74) is 2.91. The van der Waals surface area contributed by atoms with Gasteiger partial charge in [0.15, 0.2) is 0 Å². The first-order valence-electron chi connectivity index (χ1n) is 9.47. The molecule has 29 heavy (non-hydrogen) atoms. The molecule has 2 rings (SSSR count). The van der Waals surface area contributed by atoms with Crippen LogP contribution in [0.15, 0.2) is 61.2 Å². The van der Waals surface area contributed by atoms with Crippen molar-refractivity contribution >= 4 is 18.0 Å². The van der Waals surface area contributed by atoms with Crippen molar-refractivity contribution in [1.82, 2.24) is 0 Å². The molecule has 5 nitrogen and oxygen atoms in total. The second kappa shape index (κ2) is 11.5. The first kappa shape index (κ1) is 22.0. The van der Waals surface area contributed by atoms with Crippen LogP contribution in [0.3, 0.4) is 0 Å². The number of rotatable bonds is 10. The van der Waals surface area contributed by atoms with Gasteiger partial charge in [-0.05, 0) is 62.1 Å². The van der Waals surface area contributed by atoms with E-state index in [1.54, 1.807) is 12.1 Å². The number of unbranched alkanes of at least 4 members (excludes halogenated alkanes) is 1. The molecule has 0 unspecified atom stereocenters. The average molecular weight is 394 g/mol. The van der Waals surface area contributed by atoms with Crippen LogP contribution in [-0.4, -0.2) is 25.2 Å². The maximum atomic E-state index is 12.0. The summed E-state index contributed by atoms with van der Waals surface area (Å²) in [5, 5.41) is 0. The molecule has 5 heteroatoms. The van der Waals surface area contributed by atoms with Crippen LogP contribution >= 0.6 is 0 Å². The molecular formula is C24H26O5. The maximum Gasteiger partial charge on any atom is 0.336 e. The number of carbonyl (C=O) groups excluding carboxylic acids is 2. The molecule has 0 fully saturated rings. The third kappa shape index (κ3) is 8.05. The molecule has 2 aromatic rings. The van der Waals surface area contributed by atoms with Gasteiger partial charge >= 0.3 is 11.9 Å². The van der Waals surface area contributed by atoms with Gasteiger partial charge in [-0.15, -0.1) is 0 Å². The van der Waals surface area contributed by atoms with Gasteiger partial charge in [-0.3, -0.25) is 0 Å². The van der Waals surface area contributed by atoms with E-state index in [2.05, 4.69) is 6.58 Å². The quantitative estimate of drug-likeness (QED) is 0.250. The topological polar surface area (TPSA) is 61.8 Å². The highest BCUT2D eigenvalue weighted by Gasteiger charge is 2.04. The second-order valence-corrected chi connectivity index (χ2v) is 6.52. The fraction of sp³-hybridized carbons (Fsp3) is 0.250. The van der Waals surface area contributed by atoms with Crippen LogP contribution in [0, 0.1) is 13.8 Å². The van der Waals surface area contributed by atoms with Gasteiger partial charge in [0.25, 0.3) is 0 Å². The molecule has 0 aliphatic rings. The first-order valence-corrected chi connectivity index (χ1v) is 9.47. The van der Waals surface area contributed by atoms with E-state index in [1.165, 1.54) is 6.08 Å². The third-order valence-electron chi connectivity index (χ3n) is 4.05. The minimum Gasteiger partial charge on any atom is -0.494 e. The highest BCUT2D eigenvalue weighted by atomic mass is 16.5. The van der Waals surface area contributed by atoms with Gasteiger partial charge in [0.2, 0.25) is 0 Å². The normalized spacial score (nSPS) is 10.6. The van der Waals surface area contributed by atoms with E-state index in [9.17, 15) is 9.59 Å². The zero-order valence-electron chi connectivity index (χ0n) is 16.9. The van der Waals surface area contributed by atoms with E-state index >= 15 is 0 Å². The van der Waals surface area contributed by atoms with Crippen molar-refractivity contribution in [3.63, 3.8) is 0 Å². The molecule has 2 aromatic carbocycles. The van der Waals surface area contributed by atoms with Crippen molar-refractivity contribution < 1.29 is 23.8 Å². The van der Waals surface area contributed by atoms with Crippen LogP contribution in [0.5, 0.6) is 11.5 Å². The van der Waals surface area contributed by atoms with Gasteiger partial charge in [0, 0.05) is 12.2 Å². The highest BCUT2D eigenvalue weighted by Crippen LogP contribution is 2.19. The number of carbonyl (C=O) groups is 2. The van der Waals surface area contributed by atoms with Gasteiger partial charge in [-0.25, -0.2) is 9.59 Å². The lowest BCUT2D eigenvalue weighted by molar-refractivity contribution is -0.137. The van der Waals surface area contributed by atoms with Crippen LogP contribution in [0.25, 0.3) is 6.08 Å². The van der Waals surface area contributed by atoms with Crippen molar-refractivity contribution in [3.8, 4) is 11.5 Å². The largest absolute Gasteiger partial charge is 0.494 e. The van der Waals surface area contributed by atoms with Gasteiger partial charge in [0.05, 0.1) is 13.2 Å². The number of aryl methyl sites for hydroxylation is 2. The molecule has 0 atom stereocenters. The van der Waals surface area contributed by atoms with Gasteiger partial charge in [0.1, 0.15) is 11.5 Å². The van der Waals surface area contributed by atoms with Crippen LogP contribution in [-0.2, 0) is 14.3 Å². The molecule has 0 N–H and O–H groups in total. The Morgan fingerprint density at radius 2 is 1.69 bits per heavy atom. The summed E-state index contributed by atoms with van der Waals surface area (Å²) in [6.45, 7) is 8.13. The molecule has 0 aliphatic heterocycles. The zero-order valence-corrected chi connectivity index (χ0v) is 16.9. The molecule has 0 spiro atoms. The third-order valence-corrected chi connectivity index (χ3v) is 4.05. The second-order valence-electron chi connectivity index (χ2n) is 6.52. The fourth-order valence-corrected chi connectivity index (χ4v) is 2.52. The predicted molar refractivity (Wildman–Crippen MR) is 113 cm³/mol. The molecule has 0 saturated carbocycles. The van der Waals surface area contributed by atoms with Gasteiger partial charge in [-0.1, -0.05) is 36.4 Å². The Labute approximate surface area is 171 Å². The standard InChI is InChI=1S/C24H26O5/c1-4-23(25)28-16-6-5-15-27-21-11-8-20(9-12-21)10-14-24(26)29-22-13-7-18(2)17-19(22)3/h4,7-14,17H,1,5-6,15-16H2,2-3H3/b14-10+. The molecule has 0 bridgehead atoms. The predicted octanol–water partition coefficient (Wildman–Crippen LogP) is 4.81. The molecule has 0 aromatic heterocycles. The molecule has 0 amide bonds. The van der Waals surface area contributed by atoms with Crippen molar-refractivity contribution in [2.75, 3.05) is 13.2 Å². The summed E-state index contributed by atoms with van der Waals surface area (Å²) < 4.78 is 15.9. The summed E-state index contributed by atoms with van der Waals surface area (Å²) in [6, 6.07) is 13.1. The molecular weight excluding hydrogens is 368 g/mol. The zero-order chi connectivity index (χ0) is 21.1.